The van der Waals surface area contributed by atoms with E-state index in [2.05, 4.69) is 38.1 Å². The highest BCUT2D eigenvalue weighted by Gasteiger charge is 2.39. The van der Waals surface area contributed by atoms with Gasteiger partial charge in [-0.3, -0.25) is 14.5 Å². The molecule has 1 aromatic carbocycles. The lowest BCUT2D eigenvalue weighted by atomic mass is 10.2. The first-order valence-corrected chi connectivity index (χ1v) is 9.10. The van der Waals surface area contributed by atoms with Gasteiger partial charge in [0.1, 0.15) is 0 Å². The van der Waals surface area contributed by atoms with Crippen LogP contribution in [0.25, 0.3) is 0 Å². The average molecular weight is 395 g/mol. The highest BCUT2D eigenvalue weighted by molar-refractivity contribution is 9.10. The van der Waals surface area contributed by atoms with Gasteiger partial charge in [-0.25, -0.2) is 4.90 Å². The lowest BCUT2D eigenvalue weighted by Gasteiger charge is -2.32. The largest absolute Gasteiger partial charge is 0.304 e. The number of carbonyl (C=O) groups excluding carboxylic acids is 2. The molecule has 3 rings (SSSR count). The Morgan fingerprint density at radius 2 is 1.79 bits per heavy atom. The minimum atomic E-state index is -0.409. The molecule has 24 heavy (non-hydrogen) atoms. The average Bonchev–Trinajstić information content (AvgIpc) is 2.85. The summed E-state index contributed by atoms with van der Waals surface area (Å²) in [5, 5.41) is 3.25. The van der Waals surface area contributed by atoms with Crippen LogP contribution in [0.5, 0.6) is 0 Å². The van der Waals surface area contributed by atoms with Crippen LogP contribution in [-0.4, -0.2) is 74.0 Å². The van der Waals surface area contributed by atoms with Crippen molar-refractivity contribution in [2.45, 2.75) is 12.5 Å². The Labute approximate surface area is 150 Å². The fraction of sp³-hybridized carbons (Fsp3) is 0.529. The van der Waals surface area contributed by atoms with Gasteiger partial charge >= 0.3 is 0 Å². The molecule has 0 spiro atoms. The maximum Gasteiger partial charge on any atom is 0.251 e. The summed E-state index contributed by atoms with van der Waals surface area (Å²) in [6.45, 7) is 5.91. The highest BCUT2D eigenvalue weighted by atomic mass is 79.9. The number of amides is 2. The first-order chi connectivity index (χ1) is 11.5. The van der Waals surface area contributed by atoms with E-state index < -0.39 is 6.04 Å². The van der Waals surface area contributed by atoms with Crippen LogP contribution < -0.4 is 10.2 Å². The van der Waals surface area contributed by atoms with Crippen molar-refractivity contribution < 1.29 is 9.59 Å². The van der Waals surface area contributed by atoms with Crippen molar-refractivity contribution >= 4 is 33.4 Å². The van der Waals surface area contributed by atoms with Gasteiger partial charge in [-0.05, 0) is 31.3 Å². The van der Waals surface area contributed by atoms with Crippen molar-refractivity contribution in [3.8, 4) is 0 Å². The van der Waals surface area contributed by atoms with E-state index in [4.69, 9.17) is 0 Å². The third-order valence-electron chi connectivity index (χ3n) is 4.65. The van der Waals surface area contributed by atoms with E-state index in [1.807, 2.05) is 12.1 Å². The molecule has 0 aliphatic carbocycles. The molecule has 0 radical (unpaired) electrons. The van der Waals surface area contributed by atoms with Crippen molar-refractivity contribution in [2.75, 3.05) is 51.2 Å². The summed E-state index contributed by atoms with van der Waals surface area (Å²) in [4.78, 5) is 30.8. The number of hydrogen-bond acceptors (Lipinski definition) is 5. The maximum atomic E-state index is 12.5. The highest BCUT2D eigenvalue weighted by Crippen LogP contribution is 2.24. The van der Waals surface area contributed by atoms with Gasteiger partial charge in [0.25, 0.3) is 5.91 Å². The Kier molecular flexibility index (Phi) is 5.65. The van der Waals surface area contributed by atoms with Crippen LogP contribution in [0.2, 0.25) is 0 Å². The second-order valence-corrected chi connectivity index (χ2v) is 7.32. The Morgan fingerprint density at radius 1 is 1.12 bits per heavy atom. The Balaban J connectivity index is 1.51. The number of piperazine rings is 1. The number of rotatable bonds is 5. The lowest BCUT2D eigenvalue weighted by molar-refractivity contribution is -0.121. The number of carbonyl (C=O) groups is 2. The van der Waals surface area contributed by atoms with Gasteiger partial charge in [-0.1, -0.05) is 15.9 Å². The van der Waals surface area contributed by atoms with Crippen LogP contribution in [-0.2, 0) is 9.59 Å². The molecule has 2 saturated heterocycles. The standard InChI is InChI=1S/C17H23BrN4O2/c1-20-8-10-21(11-9-20)7-6-19-15-12-16(23)22(17(15)24)14-4-2-13(18)3-5-14/h2-5,15,19H,6-12H2,1H3/t15-/m0/s1. The van der Waals surface area contributed by atoms with Gasteiger partial charge in [0, 0.05) is 43.7 Å². The van der Waals surface area contributed by atoms with E-state index in [1.54, 1.807) is 12.1 Å². The van der Waals surface area contributed by atoms with Crippen LogP contribution in [0, 0.1) is 0 Å². The second kappa shape index (κ2) is 7.74. The molecule has 2 amide bonds. The van der Waals surface area contributed by atoms with Gasteiger partial charge < -0.3 is 10.2 Å². The van der Waals surface area contributed by atoms with Gasteiger partial charge in [0.15, 0.2) is 0 Å². The molecule has 1 atom stereocenters. The molecule has 0 aromatic heterocycles. The van der Waals surface area contributed by atoms with E-state index in [0.29, 0.717) is 5.69 Å². The smallest absolute Gasteiger partial charge is 0.251 e. The van der Waals surface area contributed by atoms with Gasteiger partial charge in [0.05, 0.1) is 18.2 Å². The van der Waals surface area contributed by atoms with Gasteiger partial charge in [-0.15, -0.1) is 0 Å². The fourth-order valence-corrected chi connectivity index (χ4v) is 3.39. The Morgan fingerprint density at radius 3 is 2.46 bits per heavy atom. The number of halogens is 1. The molecule has 0 bridgehead atoms. The summed E-state index contributed by atoms with van der Waals surface area (Å²) in [5.41, 5.74) is 0.636. The molecule has 1 N–H and O–H groups in total. The summed E-state index contributed by atoms with van der Waals surface area (Å²) in [7, 11) is 2.13. The molecule has 0 saturated carbocycles. The van der Waals surface area contributed by atoms with Crippen molar-refractivity contribution in [3.63, 3.8) is 0 Å². The van der Waals surface area contributed by atoms with Gasteiger partial charge in [-0.2, -0.15) is 0 Å². The van der Waals surface area contributed by atoms with Crippen LogP contribution in [0.4, 0.5) is 5.69 Å². The van der Waals surface area contributed by atoms with E-state index in [1.165, 1.54) is 4.90 Å². The number of likely N-dealkylation sites (N-methyl/N-ethyl adjacent to an activating group) is 1. The third-order valence-corrected chi connectivity index (χ3v) is 5.17. The van der Waals surface area contributed by atoms with E-state index in [9.17, 15) is 9.59 Å². The first kappa shape index (κ1) is 17.5. The Hall–Kier alpha value is -1.28. The van der Waals surface area contributed by atoms with Gasteiger partial charge in [0.2, 0.25) is 5.91 Å². The van der Waals surface area contributed by atoms with E-state index >= 15 is 0 Å². The number of hydrogen-bond donors (Lipinski definition) is 1. The molecule has 2 fully saturated rings. The zero-order valence-corrected chi connectivity index (χ0v) is 15.5. The molecule has 2 aliphatic rings. The summed E-state index contributed by atoms with van der Waals surface area (Å²) in [6.07, 6.45) is 0.234. The second-order valence-electron chi connectivity index (χ2n) is 6.40. The number of anilines is 1. The van der Waals surface area contributed by atoms with Crippen LogP contribution in [0.15, 0.2) is 28.7 Å². The SMILES string of the molecule is CN1CCN(CCN[C@H]2CC(=O)N(c3ccc(Br)cc3)C2=O)CC1. The van der Waals surface area contributed by atoms with Crippen molar-refractivity contribution in [2.24, 2.45) is 0 Å². The van der Waals surface area contributed by atoms with Crippen LogP contribution in [0.1, 0.15) is 6.42 Å². The van der Waals surface area contributed by atoms with Crippen LogP contribution in [0.3, 0.4) is 0 Å². The third kappa shape index (κ3) is 4.03. The molecule has 1 aromatic rings. The lowest BCUT2D eigenvalue weighted by Crippen LogP contribution is -2.48. The zero-order chi connectivity index (χ0) is 17.1. The molecule has 6 nitrogen and oxygen atoms in total. The number of imide groups is 1. The number of benzene rings is 1. The number of nitrogens with one attached hydrogen (secondary N) is 1. The van der Waals surface area contributed by atoms with E-state index in [0.717, 1.165) is 43.7 Å². The predicted molar refractivity (Wildman–Crippen MR) is 97.0 cm³/mol. The minimum Gasteiger partial charge on any atom is -0.304 e. The first-order valence-electron chi connectivity index (χ1n) is 8.31. The molecule has 2 aliphatic heterocycles. The molecule has 7 heteroatoms. The molecule has 0 unspecified atom stereocenters. The molecular weight excluding hydrogens is 372 g/mol. The monoisotopic (exact) mass is 394 g/mol. The van der Waals surface area contributed by atoms with Crippen molar-refractivity contribution in [3.05, 3.63) is 28.7 Å². The zero-order valence-electron chi connectivity index (χ0n) is 13.9. The van der Waals surface area contributed by atoms with Crippen molar-refractivity contribution in [1.29, 1.82) is 0 Å². The van der Waals surface area contributed by atoms with Crippen LogP contribution >= 0.6 is 15.9 Å². The molecule has 2 heterocycles. The molecule has 130 valence electrons. The summed E-state index contributed by atoms with van der Waals surface area (Å²) in [6, 6.07) is 6.83. The quantitative estimate of drug-likeness (QED) is 0.752. The van der Waals surface area contributed by atoms with E-state index in [-0.39, 0.29) is 18.2 Å². The summed E-state index contributed by atoms with van der Waals surface area (Å²) >= 11 is 3.36. The minimum absolute atomic E-state index is 0.139. The topological polar surface area (TPSA) is 55.9 Å². The number of nitrogens with zero attached hydrogens (tertiary/aromatic N) is 3. The summed E-state index contributed by atoms with van der Waals surface area (Å²) < 4.78 is 0.923. The fourth-order valence-electron chi connectivity index (χ4n) is 3.12. The maximum absolute atomic E-state index is 12.5. The Bertz CT molecular complexity index is 599. The van der Waals surface area contributed by atoms with Crippen molar-refractivity contribution in [1.82, 2.24) is 15.1 Å². The predicted octanol–water partition coefficient (Wildman–Crippen LogP) is 0.918. The normalized spacial score (nSPS) is 23.2. The molecular formula is C17H23BrN4O2. The summed E-state index contributed by atoms with van der Waals surface area (Å²) in [5.74, 6) is -0.292.